The molecule has 0 heterocycles. The molecule has 0 spiro atoms. The van der Waals surface area contributed by atoms with E-state index in [9.17, 15) is 13.2 Å². The standard InChI is InChI=1S/C19H23ClN2O6S/c1-4-26-16-11-13(12-17(27-5-2)18(16)28-6-3)19(23)21-22-29(24,25)15-9-7-14(20)8-10-15/h7-12,22H,4-6H2,1-3H3,(H,21,23). The summed E-state index contributed by atoms with van der Waals surface area (Å²) in [4.78, 5) is 14.6. The zero-order valence-electron chi connectivity index (χ0n) is 16.3. The number of amides is 1. The van der Waals surface area contributed by atoms with Gasteiger partial charge in [0.25, 0.3) is 15.9 Å². The first kappa shape index (κ1) is 22.8. The third-order valence-electron chi connectivity index (χ3n) is 3.59. The highest BCUT2D eigenvalue weighted by Crippen LogP contribution is 2.39. The van der Waals surface area contributed by atoms with Crippen LogP contribution < -0.4 is 24.5 Å². The first-order chi connectivity index (χ1) is 13.8. The summed E-state index contributed by atoms with van der Waals surface area (Å²) < 4.78 is 41.3. The molecule has 0 saturated heterocycles. The molecule has 2 N–H and O–H groups in total. The molecule has 2 rings (SSSR count). The van der Waals surface area contributed by atoms with Gasteiger partial charge >= 0.3 is 0 Å². The number of hydrazine groups is 1. The molecule has 0 bridgehead atoms. The Morgan fingerprint density at radius 2 is 1.45 bits per heavy atom. The Labute approximate surface area is 175 Å². The summed E-state index contributed by atoms with van der Waals surface area (Å²) >= 11 is 5.77. The second-order valence-corrected chi connectivity index (χ2v) is 7.73. The predicted molar refractivity (Wildman–Crippen MR) is 109 cm³/mol. The summed E-state index contributed by atoms with van der Waals surface area (Å²) in [5, 5.41) is 0.397. The lowest BCUT2D eigenvalue weighted by Gasteiger charge is -2.17. The Morgan fingerprint density at radius 1 is 0.931 bits per heavy atom. The highest BCUT2D eigenvalue weighted by atomic mass is 35.5. The maximum absolute atomic E-state index is 12.5. The summed E-state index contributed by atoms with van der Waals surface area (Å²) in [6.45, 7) is 6.48. The van der Waals surface area contributed by atoms with Crippen molar-refractivity contribution in [2.75, 3.05) is 19.8 Å². The molecule has 0 aliphatic heterocycles. The molecule has 0 fully saturated rings. The highest BCUT2D eigenvalue weighted by Gasteiger charge is 2.20. The van der Waals surface area contributed by atoms with Gasteiger partial charge in [-0.3, -0.25) is 10.2 Å². The SMILES string of the molecule is CCOc1cc(C(=O)NNS(=O)(=O)c2ccc(Cl)cc2)cc(OCC)c1OCC. The van der Waals surface area contributed by atoms with Gasteiger partial charge in [-0.1, -0.05) is 11.6 Å². The van der Waals surface area contributed by atoms with Crippen molar-refractivity contribution in [1.29, 1.82) is 0 Å². The van der Waals surface area contributed by atoms with Crippen molar-refractivity contribution in [3.63, 3.8) is 0 Å². The number of ether oxygens (including phenoxy) is 3. The zero-order valence-corrected chi connectivity index (χ0v) is 17.9. The number of carbonyl (C=O) groups is 1. The Bertz CT molecular complexity index is 921. The van der Waals surface area contributed by atoms with Crippen molar-refractivity contribution >= 4 is 27.5 Å². The Kier molecular flexibility index (Phi) is 8.12. The van der Waals surface area contributed by atoms with Gasteiger partial charge in [-0.05, 0) is 57.2 Å². The van der Waals surface area contributed by atoms with Crippen molar-refractivity contribution < 1.29 is 27.4 Å². The maximum atomic E-state index is 12.5. The molecule has 0 saturated carbocycles. The van der Waals surface area contributed by atoms with E-state index >= 15 is 0 Å². The molecule has 0 aliphatic carbocycles. The number of halogens is 1. The van der Waals surface area contributed by atoms with Crippen molar-refractivity contribution in [2.45, 2.75) is 25.7 Å². The zero-order chi connectivity index (χ0) is 21.4. The Morgan fingerprint density at radius 3 is 1.93 bits per heavy atom. The van der Waals surface area contributed by atoms with E-state index in [1.54, 1.807) is 13.8 Å². The molecule has 158 valence electrons. The van der Waals surface area contributed by atoms with Crippen molar-refractivity contribution in [2.24, 2.45) is 0 Å². The lowest BCUT2D eigenvalue weighted by atomic mass is 10.1. The molecular weight excluding hydrogens is 420 g/mol. The molecule has 29 heavy (non-hydrogen) atoms. The van der Waals surface area contributed by atoms with Crippen molar-refractivity contribution in [3.05, 3.63) is 47.0 Å². The van der Waals surface area contributed by atoms with Gasteiger partial charge in [0.2, 0.25) is 5.75 Å². The van der Waals surface area contributed by atoms with Crippen LogP contribution in [-0.4, -0.2) is 34.1 Å². The number of nitrogens with one attached hydrogen (secondary N) is 2. The summed E-state index contributed by atoms with van der Waals surface area (Å²) in [5.74, 6) is 0.346. The van der Waals surface area contributed by atoms with E-state index in [1.807, 2.05) is 6.92 Å². The highest BCUT2D eigenvalue weighted by molar-refractivity contribution is 7.89. The van der Waals surface area contributed by atoms with Gasteiger partial charge in [0.15, 0.2) is 11.5 Å². The van der Waals surface area contributed by atoms with Crippen LogP contribution in [0.5, 0.6) is 17.2 Å². The molecule has 0 atom stereocenters. The monoisotopic (exact) mass is 442 g/mol. The predicted octanol–water partition coefficient (Wildman–Crippen LogP) is 3.16. The fraction of sp³-hybridized carbons (Fsp3) is 0.316. The van der Waals surface area contributed by atoms with E-state index in [4.69, 9.17) is 25.8 Å². The molecule has 1 amide bonds. The quantitative estimate of drug-likeness (QED) is 0.548. The van der Waals surface area contributed by atoms with Gasteiger partial charge in [0.05, 0.1) is 24.7 Å². The number of carbonyl (C=O) groups excluding carboxylic acids is 1. The topological polar surface area (TPSA) is 103 Å². The lowest BCUT2D eigenvalue weighted by Crippen LogP contribution is -2.41. The van der Waals surface area contributed by atoms with Crippen LogP contribution in [0.25, 0.3) is 0 Å². The Hall–Kier alpha value is -2.49. The van der Waals surface area contributed by atoms with Crippen LogP contribution in [0.2, 0.25) is 5.02 Å². The largest absolute Gasteiger partial charge is 0.490 e. The molecule has 2 aromatic rings. The van der Waals surface area contributed by atoms with E-state index < -0.39 is 15.9 Å². The van der Waals surface area contributed by atoms with Crippen LogP contribution in [0.3, 0.4) is 0 Å². The van der Waals surface area contributed by atoms with Crippen LogP contribution in [-0.2, 0) is 10.0 Å². The summed E-state index contributed by atoms with van der Waals surface area (Å²) in [7, 11) is -3.97. The van der Waals surface area contributed by atoms with Crippen LogP contribution in [0.15, 0.2) is 41.3 Å². The Balaban J connectivity index is 2.26. The molecule has 10 heteroatoms. The average molecular weight is 443 g/mol. The molecular formula is C19H23ClN2O6S. The van der Waals surface area contributed by atoms with Crippen LogP contribution in [0, 0.1) is 0 Å². The van der Waals surface area contributed by atoms with E-state index in [2.05, 4.69) is 10.3 Å². The second-order valence-electron chi connectivity index (χ2n) is 5.61. The van der Waals surface area contributed by atoms with E-state index in [0.29, 0.717) is 42.1 Å². The number of sulfonamides is 1. The van der Waals surface area contributed by atoms with E-state index in [-0.39, 0.29) is 10.5 Å². The fourth-order valence-corrected chi connectivity index (χ4v) is 3.34. The van der Waals surface area contributed by atoms with Crippen LogP contribution in [0.4, 0.5) is 0 Å². The molecule has 2 aromatic carbocycles. The van der Waals surface area contributed by atoms with Crippen molar-refractivity contribution in [1.82, 2.24) is 10.3 Å². The molecule has 0 unspecified atom stereocenters. The van der Waals surface area contributed by atoms with Gasteiger partial charge < -0.3 is 14.2 Å². The number of hydrogen-bond donors (Lipinski definition) is 2. The first-order valence-corrected chi connectivity index (χ1v) is 10.8. The average Bonchev–Trinajstić information content (AvgIpc) is 2.69. The van der Waals surface area contributed by atoms with Crippen LogP contribution in [0.1, 0.15) is 31.1 Å². The van der Waals surface area contributed by atoms with Gasteiger partial charge in [0.1, 0.15) is 0 Å². The molecule has 0 aromatic heterocycles. The molecule has 8 nitrogen and oxygen atoms in total. The molecule has 0 radical (unpaired) electrons. The van der Waals surface area contributed by atoms with Gasteiger partial charge in [-0.25, -0.2) is 8.42 Å². The summed E-state index contributed by atoms with van der Waals surface area (Å²) in [5.41, 5.74) is 2.32. The summed E-state index contributed by atoms with van der Waals surface area (Å²) in [6.07, 6.45) is 0. The van der Waals surface area contributed by atoms with Gasteiger partial charge in [0, 0.05) is 10.6 Å². The second kappa shape index (κ2) is 10.3. The van der Waals surface area contributed by atoms with Crippen molar-refractivity contribution in [3.8, 4) is 17.2 Å². The summed E-state index contributed by atoms with van der Waals surface area (Å²) in [6, 6.07) is 8.45. The minimum Gasteiger partial charge on any atom is -0.490 e. The number of hydrogen-bond acceptors (Lipinski definition) is 6. The third-order valence-corrected chi connectivity index (χ3v) is 5.11. The lowest BCUT2D eigenvalue weighted by molar-refractivity contribution is 0.0944. The number of rotatable bonds is 10. The van der Waals surface area contributed by atoms with E-state index in [0.717, 1.165) is 0 Å². The van der Waals surface area contributed by atoms with Gasteiger partial charge in [-0.15, -0.1) is 4.83 Å². The maximum Gasteiger partial charge on any atom is 0.266 e. The number of benzene rings is 2. The smallest absolute Gasteiger partial charge is 0.266 e. The van der Waals surface area contributed by atoms with E-state index in [1.165, 1.54) is 36.4 Å². The minimum absolute atomic E-state index is 0.0427. The fourth-order valence-electron chi connectivity index (χ4n) is 2.38. The minimum atomic E-state index is -3.97. The normalized spacial score (nSPS) is 11.0. The van der Waals surface area contributed by atoms with Gasteiger partial charge in [-0.2, -0.15) is 0 Å². The van der Waals surface area contributed by atoms with Crippen LogP contribution >= 0.6 is 11.6 Å². The first-order valence-electron chi connectivity index (χ1n) is 8.96. The third kappa shape index (κ3) is 5.99. The molecule has 0 aliphatic rings.